The Kier molecular flexibility index (Phi) is 3.21. The van der Waals surface area contributed by atoms with Crippen molar-refractivity contribution in [2.24, 2.45) is 0 Å². The van der Waals surface area contributed by atoms with E-state index in [0.717, 1.165) is 11.4 Å². The van der Waals surface area contributed by atoms with Gasteiger partial charge in [0, 0.05) is 19.0 Å². The quantitative estimate of drug-likeness (QED) is 0.526. The number of carbonyl (C=O) groups is 1. The van der Waals surface area contributed by atoms with Gasteiger partial charge in [0.15, 0.2) is 0 Å². The molecule has 1 unspecified atom stereocenters. The van der Waals surface area contributed by atoms with Gasteiger partial charge in [-0.15, -0.1) is 0 Å². The number of fused-ring (bicyclic) bond motifs is 1. The Morgan fingerprint density at radius 3 is 3.38 bits per heavy atom. The lowest BCUT2D eigenvalue weighted by molar-refractivity contribution is -0.124. The SMILES string of the molecule is C[C@H](CO)NC(=O)C1Cc2nc[nH]c2CN1. The number of H-pyrrole nitrogens is 1. The van der Waals surface area contributed by atoms with Crippen LogP contribution in [0.4, 0.5) is 0 Å². The third kappa shape index (κ3) is 2.23. The minimum absolute atomic E-state index is 0.0495. The first-order chi connectivity index (χ1) is 7.70. The van der Waals surface area contributed by atoms with Gasteiger partial charge in [0.2, 0.25) is 5.91 Å². The van der Waals surface area contributed by atoms with Crippen molar-refractivity contribution in [1.82, 2.24) is 20.6 Å². The van der Waals surface area contributed by atoms with Gasteiger partial charge >= 0.3 is 0 Å². The largest absolute Gasteiger partial charge is 0.394 e. The lowest BCUT2D eigenvalue weighted by atomic mass is 10.0. The van der Waals surface area contributed by atoms with Gasteiger partial charge in [-0.3, -0.25) is 10.1 Å². The minimum atomic E-state index is -0.259. The van der Waals surface area contributed by atoms with Gasteiger partial charge in [-0.05, 0) is 6.92 Å². The average Bonchev–Trinajstić information content (AvgIpc) is 2.75. The molecule has 1 aromatic heterocycles. The van der Waals surface area contributed by atoms with Crippen molar-refractivity contribution in [3.63, 3.8) is 0 Å². The molecule has 16 heavy (non-hydrogen) atoms. The van der Waals surface area contributed by atoms with Gasteiger partial charge in [0.1, 0.15) is 0 Å². The standard InChI is InChI=1S/C10H16N4O2/c1-6(4-15)14-10(16)8-2-7-9(3-11-8)13-5-12-7/h5-6,8,11,15H,2-4H2,1H3,(H,12,13)(H,14,16)/t6-,8?/m1/s1. The second-order valence-corrected chi connectivity index (χ2v) is 4.06. The molecule has 1 aromatic rings. The number of aliphatic hydroxyl groups excluding tert-OH is 1. The molecule has 88 valence electrons. The number of imidazole rings is 1. The highest BCUT2D eigenvalue weighted by Crippen LogP contribution is 2.12. The van der Waals surface area contributed by atoms with E-state index in [4.69, 9.17) is 5.11 Å². The Balaban J connectivity index is 1.95. The maximum absolute atomic E-state index is 11.8. The number of aromatic nitrogens is 2. The van der Waals surface area contributed by atoms with Crippen molar-refractivity contribution in [1.29, 1.82) is 0 Å². The maximum Gasteiger partial charge on any atom is 0.237 e. The molecule has 0 fully saturated rings. The van der Waals surface area contributed by atoms with E-state index in [2.05, 4.69) is 20.6 Å². The van der Waals surface area contributed by atoms with Crippen LogP contribution in [0.5, 0.6) is 0 Å². The molecule has 0 aromatic carbocycles. The zero-order chi connectivity index (χ0) is 11.5. The summed E-state index contributed by atoms with van der Waals surface area (Å²) in [4.78, 5) is 19.0. The third-order valence-corrected chi connectivity index (χ3v) is 2.71. The van der Waals surface area contributed by atoms with Crippen molar-refractivity contribution in [3.05, 3.63) is 17.7 Å². The second-order valence-electron chi connectivity index (χ2n) is 4.06. The number of aliphatic hydroxyl groups is 1. The fraction of sp³-hybridized carbons (Fsp3) is 0.600. The molecule has 0 saturated heterocycles. The summed E-state index contributed by atoms with van der Waals surface area (Å²) in [6.45, 7) is 2.34. The predicted molar refractivity (Wildman–Crippen MR) is 57.6 cm³/mol. The molecule has 1 amide bonds. The van der Waals surface area contributed by atoms with Crippen molar-refractivity contribution in [3.8, 4) is 0 Å². The lowest BCUT2D eigenvalue weighted by Gasteiger charge is -2.23. The normalized spacial score (nSPS) is 21.2. The van der Waals surface area contributed by atoms with E-state index < -0.39 is 0 Å². The fourth-order valence-corrected chi connectivity index (χ4v) is 1.74. The summed E-state index contributed by atoms with van der Waals surface area (Å²) in [5.41, 5.74) is 1.98. The van der Waals surface area contributed by atoms with Crippen LogP contribution in [-0.2, 0) is 17.8 Å². The Morgan fingerprint density at radius 1 is 1.81 bits per heavy atom. The number of nitrogens with one attached hydrogen (secondary N) is 3. The molecular formula is C10H16N4O2. The summed E-state index contributed by atoms with van der Waals surface area (Å²) in [5, 5.41) is 14.7. The van der Waals surface area contributed by atoms with Crippen molar-refractivity contribution < 1.29 is 9.90 Å². The Bertz CT molecular complexity index is 377. The molecule has 1 aliphatic heterocycles. The highest BCUT2D eigenvalue weighted by molar-refractivity contribution is 5.82. The van der Waals surface area contributed by atoms with Crippen LogP contribution < -0.4 is 10.6 Å². The van der Waals surface area contributed by atoms with Gasteiger partial charge < -0.3 is 15.4 Å². The number of hydrogen-bond acceptors (Lipinski definition) is 4. The van der Waals surface area contributed by atoms with Gasteiger partial charge in [0.25, 0.3) is 0 Å². The number of hydrogen-bond donors (Lipinski definition) is 4. The van der Waals surface area contributed by atoms with Crippen molar-refractivity contribution in [2.75, 3.05) is 6.61 Å². The molecule has 2 atom stereocenters. The molecule has 0 saturated carbocycles. The number of aromatic amines is 1. The van der Waals surface area contributed by atoms with Gasteiger partial charge in [0.05, 0.1) is 30.4 Å². The lowest BCUT2D eigenvalue weighted by Crippen LogP contribution is -2.50. The molecule has 6 heteroatoms. The smallest absolute Gasteiger partial charge is 0.237 e. The third-order valence-electron chi connectivity index (χ3n) is 2.71. The van der Waals surface area contributed by atoms with Crippen LogP contribution >= 0.6 is 0 Å². The molecule has 0 radical (unpaired) electrons. The van der Waals surface area contributed by atoms with Crippen LogP contribution in [-0.4, -0.2) is 39.7 Å². The average molecular weight is 224 g/mol. The fourth-order valence-electron chi connectivity index (χ4n) is 1.74. The minimum Gasteiger partial charge on any atom is -0.394 e. The zero-order valence-electron chi connectivity index (χ0n) is 9.16. The van der Waals surface area contributed by atoms with Crippen molar-refractivity contribution in [2.45, 2.75) is 32.0 Å². The van der Waals surface area contributed by atoms with E-state index in [1.807, 2.05) is 0 Å². The highest BCUT2D eigenvalue weighted by Gasteiger charge is 2.26. The van der Waals surface area contributed by atoms with E-state index in [9.17, 15) is 4.79 Å². The summed E-state index contributed by atoms with van der Waals surface area (Å²) in [6, 6.07) is -0.473. The first kappa shape index (κ1) is 11.1. The molecule has 1 aliphatic rings. The molecule has 0 bridgehead atoms. The summed E-state index contributed by atoms with van der Waals surface area (Å²) < 4.78 is 0. The molecule has 6 nitrogen and oxygen atoms in total. The summed E-state index contributed by atoms with van der Waals surface area (Å²) >= 11 is 0. The van der Waals surface area contributed by atoms with E-state index in [1.54, 1.807) is 13.3 Å². The second kappa shape index (κ2) is 4.63. The van der Waals surface area contributed by atoms with E-state index in [1.165, 1.54) is 0 Å². The summed E-state index contributed by atoms with van der Waals surface area (Å²) in [6.07, 6.45) is 2.23. The van der Waals surface area contributed by atoms with Crippen molar-refractivity contribution >= 4 is 5.91 Å². The molecule has 4 N–H and O–H groups in total. The van der Waals surface area contributed by atoms with Gasteiger partial charge in [-0.25, -0.2) is 4.98 Å². The first-order valence-electron chi connectivity index (χ1n) is 5.36. The Hall–Kier alpha value is -1.40. The van der Waals surface area contributed by atoms with Crippen LogP contribution in [0.2, 0.25) is 0 Å². The van der Waals surface area contributed by atoms with Crippen LogP contribution in [0, 0.1) is 0 Å². The Morgan fingerprint density at radius 2 is 2.62 bits per heavy atom. The highest BCUT2D eigenvalue weighted by atomic mass is 16.3. The topological polar surface area (TPSA) is 90.0 Å². The van der Waals surface area contributed by atoms with Gasteiger partial charge in [-0.1, -0.05) is 0 Å². The number of nitrogens with zero attached hydrogens (tertiary/aromatic N) is 1. The van der Waals surface area contributed by atoms with Crippen LogP contribution in [0.1, 0.15) is 18.3 Å². The van der Waals surface area contributed by atoms with E-state index in [-0.39, 0.29) is 24.6 Å². The first-order valence-corrected chi connectivity index (χ1v) is 5.36. The number of rotatable bonds is 3. The molecular weight excluding hydrogens is 208 g/mol. The number of carbonyl (C=O) groups excluding carboxylic acids is 1. The summed E-state index contributed by atoms with van der Waals surface area (Å²) in [5.74, 6) is -0.0878. The van der Waals surface area contributed by atoms with Crippen LogP contribution in [0.25, 0.3) is 0 Å². The van der Waals surface area contributed by atoms with Crippen LogP contribution in [0.3, 0.4) is 0 Å². The number of amides is 1. The van der Waals surface area contributed by atoms with E-state index in [0.29, 0.717) is 13.0 Å². The Labute approximate surface area is 93.5 Å². The van der Waals surface area contributed by atoms with Crippen LogP contribution in [0.15, 0.2) is 6.33 Å². The molecule has 0 spiro atoms. The van der Waals surface area contributed by atoms with E-state index >= 15 is 0 Å². The monoisotopic (exact) mass is 224 g/mol. The molecule has 0 aliphatic carbocycles. The maximum atomic E-state index is 11.8. The summed E-state index contributed by atoms with van der Waals surface area (Å²) in [7, 11) is 0. The van der Waals surface area contributed by atoms with Gasteiger partial charge in [-0.2, -0.15) is 0 Å². The zero-order valence-corrected chi connectivity index (χ0v) is 9.16. The molecule has 2 heterocycles. The predicted octanol–water partition coefficient (Wildman–Crippen LogP) is -1.08. The molecule has 2 rings (SSSR count).